The Labute approximate surface area is 102 Å². The molecule has 1 atom stereocenters. The van der Waals surface area contributed by atoms with Crippen molar-refractivity contribution in [2.24, 2.45) is 5.73 Å². The number of hydrogen-bond donors (Lipinski definition) is 2. The molecule has 1 heterocycles. The average Bonchev–Trinajstić information content (AvgIpc) is 2.39. The van der Waals surface area contributed by atoms with Gasteiger partial charge in [-0.1, -0.05) is 6.07 Å². The highest BCUT2D eigenvalue weighted by Gasteiger charge is 2.31. The summed E-state index contributed by atoms with van der Waals surface area (Å²) in [6.07, 6.45) is 1.74. The summed E-state index contributed by atoms with van der Waals surface area (Å²) in [6, 6.07) is 7.90. The molecular weight excluding hydrogens is 216 g/mol. The first kappa shape index (κ1) is 12.2. The summed E-state index contributed by atoms with van der Waals surface area (Å²) >= 11 is 0. The highest BCUT2D eigenvalue weighted by atomic mass is 16.5. The molecule has 3 N–H and O–H groups in total. The first-order valence-electron chi connectivity index (χ1n) is 5.98. The number of rotatable bonds is 3. The van der Waals surface area contributed by atoms with Crippen molar-refractivity contribution in [1.82, 2.24) is 0 Å². The Morgan fingerprint density at radius 3 is 3.06 bits per heavy atom. The molecule has 1 aromatic rings. The molecule has 0 bridgehead atoms. The van der Waals surface area contributed by atoms with Gasteiger partial charge in [0.05, 0.1) is 12.7 Å². The lowest BCUT2D eigenvalue weighted by molar-refractivity contribution is 0.0347. The van der Waals surface area contributed by atoms with E-state index in [-0.39, 0.29) is 0 Å². The molecular formula is C13H20N2O2. The van der Waals surface area contributed by atoms with Gasteiger partial charge in [0.2, 0.25) is 0 Å². The van der Waals surface area contributed by atoms with Crippen molar-refractivity contribution >= 4 is 5.69 Å². The fraction of sp³-hybridized carbons (Fsp3) is 0.538. The van der Waals surface area contributed by atoms with E-state index in [0.29, 0.717) is 13.1 Å². The van der Waals surface area contributed by atoms with Crippen LogP contribution < -0.4 is 15.4 Å². The minimum Gasteiger partial charge on any atom is -0.497 e. The quantitative estimate of drug-likeness (QED) is 0.821. The lowest BCUT2D eigenvalue weighted by Crippen LogP contribution is -2.52. The highest BCUT2D eigenvalue weighted by molar-refractivity contribution is 5.51. The monoisotopic (exact) mass is 236 g/mol. The number of nitrogens with zero attached hydrogens (tertiary/aromatic N) is 1. The van der Waals surface area contributed by atoms with Crippen molar-refractivity contribution in [3.05, 3.63) is 24.3 Å². The molecule has 4 nitrogen and oxygen atoms in total. The van der Waals surface area contributed by atoms with E-state index in [2.05, 4.69) is 4.90 Å². The summed E-state index contributed by atoms with van der Waals surface area (Å²) in [5.41, 5.74) is 5.96. The number of piperidine rings is 1. The van der Waals surface area contributed by atoms with Crippen molar-refractivity contribution in [2.75, 3.05) is 31.6 Å². The van der Waals surface area contributed by atoms with Crippen LogP contribution in [0.3, 0.4) is 0 Å². The van der Waals surface area contributed by atoms with Crippen molar-refractivity contribution in [3.8, 4) is 5.75 Å². The van der Waals surface area contributed by atoms with Gasteiger partial charge in [0.15, 0.2) is 0 Å². The largest absolute Gasteiger partial charge is 0.497 e. The van der Waals surface area contributed by atoms with Crippen LogP contribution in [0, 0.1) is 0 Å². The number of ether oxygens (including phenoxy) is 1. The Bertz CT molecular complexity index is 383. The zero-order valence-electron chi connectivity index (χ0n) is 10.2. The molecule has 1 saturated heterocycles. The van der Waals surface area contributed by atoms with Crippen LogP contribution in [0.1, 0.15) is 12.8 Å². The molecule has 0 aromatic heterocycles. The van der Waals surface area contributed by atoms with Gasteiger partial charge in [-0.15, -0.1) is 0 Å². The molecule has 1 aliphatic heterocycles. The fourth-order valence-electron chi connectivity index (χ4n) is 2.31. The van der Waals surface area contributed by atoms with E-state index >= 15 is 0 Å². The Hall–Kier alpha value is -1.26. The van der Waals surface area contributed by atoms with Crippen LogP contribution in [0.25, 0.3) is 0 Å². The molecule has 2 rings (SSSR count). The Kier molecular flexibility index (Phi) is 3.54. The summed E-state index contributed by atoms with van der Waals surface area (Å²) in [5.74, 6) is 0.837. The smallest absolute Gasteiger partial charge is 0.120 e. The lowest BCUT2D eigenvalue weighted by Gasteiger charge is -2.39. The number of β-amino-alcohol motifs (C(OH)–C–C–N with tert-alkyl or cyclic N) is 1. The molecule has 17 heavy (non-hydrogen) atoms. The molecule has 0 spiro atoms. The van der Waals surface area contributed by atoms with Crippen LogP contribution in [0.4, 0.5) is 5.69 Å². The van der Waals surface area contributed by atoms with E-state index in [1.807, 2.05) is 24.3 Å². The van der Waals surface area contributed by atoms with Crippen molar-refractivity contribution in [1.29, 1.82) is 0 Å². The SMILES string of the molecule is COc1cccc(N2CCCC(O)(CN)C2)c1. The molecule has 0 radical (unpaired) electrons. The number of hydrogen-bond acceptors (Lipinski definition) is 4. The van der Waals surface area contributed by atoms with Crippen molar-refractivity contribution < 1.29 is 9.84 Å². The average molecular weight is 236 g/mol. The number of anilines is 1. The van der Waals surface area contributed by atoms with Crippen LogP contribution in [-0.2, 0) is 0 Å². The van der Waals surface area contributed by atoms with Gasteiger partial charge in [-0.3, -0.25) is 0 Å². The van der Waals surface area contributed by atoms with Crippen LogP contribution in [0.15, 0.2) is 24.3 Å². The molecule has 0 aliphatic carbocycles. The Morgan fingerprint density at radius 2 is 2.35 bits per heavy atom. The molecule has 1 aliphatic rings. The summed E-state index contributed by atoms with van der Waals surface area (Å²) in [6.45, 7) is 1.86. The molecule has 0 amide bonds. The second kappa shape index (κ2) is 4.94. The standard InChI is InChI=1S/C13H20N2O2/c1-17-12-5-2-4-11(8-12)15-7-3-6-13(16,9-14)10-15/h2,4-5,8,16H,3,6-7,9-10,14H2,1H3. The highest BCUT2D eigenvalue weighted by Crippen LogP contribution is 2.27. The number of methoxy groups -OCH3 is 1. The third kappa shape index (κ3) is 2.70. The van der Waals surface area contributed by atoms with Crippen LogP contribution >= 0.6 is 0 Å². The zero-order chi connectivity index (χ0) is 12.3. The predicted molar refractivity (Wildman–Crippen MR) is 68.4 cm³/mol. The van der Waals surface area contributed by atoms with E-state index in [9.17, 15) is 5.11 Å². The van der Waals surface area contributed by atoms with Crippen molar-refractivity contribution in [3.63, 3.8) is 0 Å². The lowest BCUT2D eigenvalue weighted by atomic mass is 9.92. The van der Waals surface area contributed by atoms with Gasteiger partial charge >= 0.3 is 0 Å². The van der Waals surface area contributed by atoms with Gasteiger partial charge < -0.3 is 20.5 Å². The minimum atomic E-state index is -0.749. The molecule has 1 aromatic carbocycles. The van der Waals surface area contributed by atoms with Gasteiger partial charge in [-0.05, 0) is 25.0 Å². The number of aliphatic hydroxyl groups is 1. The molecule has 1 unspecified atom stereocenters. The van der Waals surface area contributed by atoms with E-state index in [0.717, 1.165) is 30.8 Å². The molecule has 1 fully saturated rings. The Balaban J connectivity index is 2.16. The zero-order valence-corrected chi connectivity index (χ0v) is 10.2. The third-order valence-corrected chi connectivity index (χ3v) is 3.35. The van der Waals surface area contributed by atoms with E-state index < -0.39 is 5.60 Å². The topological polar surface area (TPSA) is 58.7 Å². The van der Waals surface area contributed by atoms with Crippen LogP contribution in [0.2, 0.25) is 0 Å². The predicted octanol–water partition coefficient (Wildman–Crippen LogP) is 0.985. The second-order valence-electron chi connectivity index (χ2n) is 4.66. The number of nitrogens with two attached hydrogens (primary N) is 1. The molecule has 0 saturated carbocycles. The maximum absolute atomic E-state index is 10.2. The van der Waals surface area contributed by atoms with E-state index in [1.54, 1.807) is 7.11 Å². The second-order valence-corrected chi connectivity index (χ2v) is 4.66. The van der Waals surface area contributed by atoms with E-state index in [4.69, 9.17) is 10.5 Å². The minimum absolute atomic E-state index is 0.313. The van der Waals surface area contributed by atoms with Crippen molar-refractivity contribution in [2.45, 2.75) is 18.4 Å². The van der Waals surface area contributed by atoms with Gasteiger partial charge in [0.25, 0.3) is 0 Å². The number of benzene rings is 1. The summed E-state index contributed by atoms with van der Waals surface area (Å²) < 4.78 is 5.21. The summed E-state index contributed by atoms with van der Waals surface area (Å²) in [5, 5.41) is 10.2. The maximum Gasteiger partial charge on any atom is 0.120 e. The van der Waals surface area contributed by atoms with Gasteiger partial charge in [-0.2, -0.15) is 0 Å². The van der Waals surface area contributed by atoms with Gasteiger partial charge in [-0.25, -0.2) is 0 Å². The van der Waals surface area contributed by atoms with Gasteiger partial charge in [0.1, 0.15) is 5.75 Å². The summed E-state index contributed by atoms with van der Waals surface area (Å²) in [4.78, 5) is 2.17. The first-order valence-corrected chi connectivity index (χ1v) is 5.98. The van der Waals surface area contributed by atoms with E-state index in [1.165, 1.54) is 0 Å². The summed E-state index contributed by atoms with van der Waals surface area (Å²) in [7, 11) is 1.66. The van der Waals surface area contributed by atoms with Crippen LogP contribution in [0.5, 0.6) is 5.75 Å². The normalized spacial score (nSPS) is 24.8. The first-order chi connectivity index (χ1) is 8.17. The van der Waals surface area contributed by atoms with Crippen LogP contribution in [-0.4, -0.2) is 37.5 Å². The third-order valence-electron chi connectivity index (χ3n) is 3.35. The van der Waals surface area contributed by atoms with Gasteiger partial charge in [0, 0.05) is 31.4 Å². The Morgan fingerprint density at radius 1 is 1.53 bits per heavy atom. The fourth-order valence-corrected chi connectivity index (χ4v) is 2.31. The molecule has 94 valence electrons. The molecule has 4 heteroatoms. The maximum atomic E-state index is 10.2.